The second-order valence-corrected chi connectivity index (χ2v) is 5.56. The van der Waals surface area contributed by atoms with Crippen molar-refractivity contribution in [3.8, 4) is 0 Å². The van der Waals surface area contributed by atoms with E-state index in [0.29, 0.717) is 5.11 Å². The molecule has 0 heterocycles. The maximum atomic E-state index is 12.8. The molecule has 0 atom stereocenters. The SMILES string of the molecule is CCN(CCCNC(=S)Nc1ccc(F)cc1)c1ccccc1. The molecule has 2 aromatic carbocycles. The van der Waals surface area contributed by atoms with Crippen LogP contribution in [0.25, 0.3) is 0 Å². The largest absolute Gasteiger partial charge is 0.372 e. The second kappa shape index (κ2) is 9.10. The van der Waals surface area contributed by atoms with Gasteiger partial charge in [0, 0.05) is 31.0 Å². The van der Waals surface area contributed by atoms with Crippen LogP contribution in [0.1, 0.15) is 13.3 Å². The minimum Gasteiger partial charge on any atom is -0.372 e. The van der Waals surface area contributed by atoms with Crippen molar-refractivity contribution in [2.24, 2.45) is 0 Å². The second-order valence-electron chi connectivity index (χ2n) is 5.16. The highest BCUT2D eigenvalue weighted by atomic mass is 32.1. The Bertz CT molecular complexity index is 601. The van der Waals surface area contributed by atoms with Crippen molar-refractivity contribution in [3.63, 3.8) is 0 Å². The first kappa shape index (κ1) is 17.2. The normalized spacial score (nSPS) is 10.2. The molecule has 0 amide bonds. The number of thiocarbonyl (C=S) groups is 1. The molecular formula is C18H22FN3S. The molecule has 0 aliphatic carbocycles. The molecule has 0 saturated heterocycles. The molecular weight excluding hydrogens is 309 g/mol. The first-order valence-corrected chi connectivity index (χ1v) is 8.20. The number of nitrogens with one attached hydrogen (secondary N) is 2. The van der Waals surface area contributed by atoms with Crippen LogP contribution < -0.4 is 15.5 Å². The van der Waals surface area contributed by atoms with Gasteiger partial charge in [-0.1, -0.05) is 18.2 Å². The Morgan fingerprint density at radius 3 is 2.43 bits per heavy atom. The van der Waals surface area contributed by atoms with Gasteiger partial charge < -0.3 is 15.5 Å². The molecule has 0 radical (unpaired) electrons. The first-order valence-electron chi connectivity index (χ1n) is 7.79. The number of rotatable bonds is 7. The summed E-state index contributed by atoms with van der Waals surface area (Å²) in [5.41, 5.74) is 2.02. The van der Waals surface area contributed by atoms with E-state index >= 15 is 0 Å². The number of anilines is 2. The van der Waals surface area contributed by atoms with Gasteiger partial charge in [-0.3, -0.25) is 0 Å². The molecule has 2 N–H and O–H groups in total. The van der Waals surface area contributed by atoms with Gasteiger partial charge in [-0.15, -0.1) is 0 Å². The third-order valence-corrected chi connectivity index (χ3v) is 3.74. The molecule has 3 nitrogen and oxygen atoms in total. The van der Waals surface area contributed by atoms with Gasteiger partial charge >= 0.3 is 0 Å². The predicted octanol–water partition coefficient (Wildman–Crippen LogP) is 4.03. The molecule has 0 fully saturated rings. The van der Waals surface area contributed by atoms with Gasteiger partial charge in [0.05, 0.1) is 0 Å². The van der Waals surface area contributed by atoms with E-state index in [1.807, 2.05) is 6.07 Å². The highest BCUT2D eigenvalue weighted by Gasteiger charge is 2.03. The zero-order valence-electron chi connectivity index (χ0n) is 13.3. The van der Waals surface area contributed by atoms with Crippen molar-refractivity contribution in [3.05, 3.63) is 60.4 Å². The molecule has 2 rings (SSSR count). The van der Waals surface area contributed by atoms with Gasteiger partial charge in [0.25, 0.3) is 0 Å². The van der Waals surface area contributed by atoms with Gasteiger partial charge in [-0.2, -0.15) is 0 Å². The molecule has 2 aromatic rings. The molecule has 23 heavy (non-hydrogen) atoms. The zero-order valence-corrected chi connectivity index (χ0v) is 14.1. The standard InChI is InChI=1S/C18H22FN3S/c1-2-22(17-7-4-3-5-8-17)14-6-13-20-18(23)21-16-11-9-15(19)10-12-16/h3-5,7-12H,2,6,13-14H2,1H3,(H2,20,21,23). The van der Waals surface area contributed by atoms with Crippen molar-refractivity contribution in [2.75, 3.05) is 29.9 Å². The lowest BCUT2D eigenvalue weighted by Crippen LogP contribution is -2.32. The van der Waals surface area contributed by atoms with Gasteiger partial charge in [-0.05, 0) is 62.0 Å². The van der Waals surface area contributed by atoms with Crippen LogP contribution in [0.15, 0.2) is 54.6 Å². The average Bonchev–Trinajstić information content (AvgIpc) is 2.58. The number of halogens is 1. The lowest BCUT2D eigenvalue weighted by molar-refractivity contribution is 0.628. The van der Waals surface area contributed by atoms with Crippen molar-refractivity contribution in [2.45, 2.75) is 13.3 Å². The molecule has 0 spiro atoms. The quantitative estimate of drug-likeness (QED) is 0.592. The minimum absolute atomic E-state index is 0.255. The van der Waals surface area contributed by atoms with Crippen LogP contribution in [-0.2, 0) is 0 Å². The van der Waals surface area contributed by atoms with E-state index in [1.165, 1.54) is 17.8 Å². The van der Waals surface area contributed by atoms with Crippen molar-refractivity contribution < 1.29 is 4.39 Å². The molecule has 122 valence electrons. The summed E-state index contributed by atoms with van der Waals surface area (Å²) >= 11 is 5.24. The smallest absolute Gasteiger partial charge is 0.170 e. The number of hydrogen-bond acceptors (Lipinski definition) is 2. The Hall–Kier alpha value is -2.14. The molecule has 5 heteroatoms. The Morgan fingerprint density at radius 1 is 1.09 bits per heavy atom. The van der Waals surface area contributed by atoms with E-state index in [1.54, 1.807) is 12.1 Å². The van der Waals surface area contributed by atoms with Gasteiger partial charge in [0.15, 0.2) is 5.11 Å². The summed E-state index contributed by atoms with van der Waals surface area (Å²) in [5, 5.41) is 6.77. The van der Waals surface area contributed by atoms with Crippen LogP contribution in [0.5, 0.6) is 0 Å². The average molecular weight is 331 g/mol. The summed E-state index contributed by atoms with van der Waals surface area (Å²) in [6.07, 6.45) is 0.980. The fourth-order valence-corrected chi connectivity index (χ4v) is 2.51. The Morgan fingerprint density at radius 2 is 1.78 bits per heavy atom. The maximum absolute atomic E-state index is 12.8. The fourth-order valence-electron chi connectivity index (χ4n) is 2.29. The zero-order chi connectivity index (χ0) is 16.5. The molecule has 0 bridgehead atoms. The van der Waals surface area contributed by atoms with E-state index in [-0.39, 0.29) is 5.82 Å². The van der Waals surface area contributed by atoms with Crippen molar-refractivity contribution in [1.82, 2.24) is 5.32 Å². The molecule has 0 aliphatic rings. The lowest BCUT2D eigenvalue weighted by atomic mass is 10.2. The van der Waals surface area contributed by atoms with Crippen LogP contribution in [0.4, 0.5) is 15.8 Å². The van der Waals surface area contributed by atoms with Gasteiger partial charge in [-0.25, -0.2) is 4.39 Å². The van der Waals surface area contributed by atoms with E-state index in [4.69, 9.17) is 12.2 Å². The van der Waals surface area contributed by atoms with Crippen LogP contribution >= 0.6 is 12.2 Å². The minimum atomic E-state index is -0.255. The van der Waals surface area contributed by atoms with E-state index in [2.05, 4.69) is 46.7 Å². The van der Waals surface area contributed by atoms with Crippen LogP contribution in [-0.4, -0.2) is 24.7 Å². The summed E-state index contributed by atoms with van der Waals surface area (Å²) in [5.74, 6) is -0.255. The maximum Gasteiger partial charge on any atom is 0.170 e. The van der Waals surface area contributed by atoms with Crippen molar-refractivity contribution >= 4 is 28.7 Å². The van der Waals surface area contributed by atoms with Gasteiger partial charge in [0.2, 0.25) is 0 Å². The summed E-state index contributed by atoms with van der Waals surface area (Å²) in [4.78, 5) is 2.33. The highest BCUT2D eigenvalue weighted by molar-refractivity contribution is 7.80. The highest BCUT2D eigenvalue weighted by Crippen LogP contribution is 2.12. The summed E-state index contributed by atoms with van der Waals surface area (Å²) in [6.45, 7) is 4.88. The Kier molecular flexibility index (Phi) is 6.81. The number of hydrogen-bond donors (Lipinski definition) is 2. The molecule has 0 unspecified atom stereocenters. The lowest BCUT2D eigenvalue weighted by Gasteiger charge is -2.23. The third kappa shape index (κ3) is 5.87. The van der Waals surface area contributed by atoms with E-state index in [9.17, 15) is 4.39 Å². The summed E-state index contributed by atoms with van der Waals surface area (Å²) in [7, 11) is 0. The molecule has 0 aliphatic heterocycles. The topological polar surface area (TPSA) is 27.3 Å². The molecule has 0 aromatic heterocycles. The summed E-state index contributed by atoms with van der Waals surface area (Å²) < 4.78 is 12.8. The van der Waals surface area contributed by atoms with Gasteiger partial charge in [0.1, 0.15) is 5.82 Å². The summed E-state index contributed by atoms with van der Waals surface area (Å²) in [6, 6.07) is 16.5. The Balaban J connectivity index is 1.70. The Labute approximate surface area is 142 Å². The molecule has 0 saturated carbocycles. The fraction of sp³-hybridized carbons (Fsp3) is 0.278. The number of nitrogens with zero attached hydrogens (tertiary/aromatic N) is 1. The first-order chi connectivity index (χ1) is 11.2. The van der Waals surface area contributed by atoms with Crippen LogP contribution in [0.3, 0.4) is 0 Å². The van der Waals surface area contributed by atoms with E-state index < -0.39 is 0 Å². The van der Waals surface area contributed by atoms with Crippen molar-refractivity contribution in [1.29, 1.82) is 0 Å². The predicted molar refractivity (Wildman–Crippen MR) is 99.6 cm³/mol. The number of para-hydroxylation sites is 1. The number of benzene rings is 2. The van der Waals surface area contributed by atoms with Crippen LogP contribution in [0.2, 0.25) is 0 Å². The third-order valence-electron chi connectivity index (χ3n) is 3.50. The van der Waals surface area contributed by atoms with E-state index in [0.717, 1.165) is 31.7 Å². The monoisotopic (exact) mass is 331 g/mol. The van der Waals surface area contributed by atoms with Crippen LogP contribution in [0, 0.1) is 5.82 Å².